The molecule has 62 valence electrons. The first-order valence-electron chi connectivity index (χ1n) is 4.65. The van der Waals surface area contributed by atoms with E-state index in [2.05, 4.69) is 27.4 Å². The average molecular weight is 150 g/mol. The lowest BCUT2D eigenvalue weighted by Gasteiger charge is -2.34. The fraction of sp³-hybridized carbons (Fsp3) is 0.818. The summed E-state index contributed by atoms with van der Waals surface area (Å²) in [7, 11) is 0. The molecule has 11 heavy (non-hydrogen) atoms. The van der Waals surface area contributed by atoms with Crippen LogP contribution in [0.25, 0.3) is 0 Å². The van der Waals surface area contributed by atoms with Gasteiger partial charge in [-0.25, -0.2) is 0 Å². The Hall–Kier alpha value is -0.260. The zero-order valence-corrected chi connectivity index (χ0v) is 7.91. The van der Waals surface area contributed by atoms with E-state index in [1.54, 1.807) is 0 Å². The predicted octanol–water partition coefficient (Wildman–Crippen LogP) is 3.39. The van der Waals surface area contributed by atoms with Crippen molar-refractivity contribution in [1.29, 1.82) is 0 Å². The van der Waals surface area contributed by atoms with Crippen molar-refractivity contribution in [3.8, 4) is 0 Å². The van der Waals surface area contributed by atoms with Gasteiger partial charge in [0.25, 0.3) is 0 Å². The second-order valence-electron chi connectivity index (χ2n) is 5.27. The minimum atomic E-state index is 0.543. The number of hydrogen-bond acceptors (Lipinski definition) is 0. The lowest BCUT2D eigenvalue weighted by atomic mass is 9.71. The molecule has 0 bridgehead atoms. The third kappa shape index (κ3) is 0.816. The monoisotopic (exact) mass is 150 g/mol. The summed E-state index contributed by atoms with van der Waals surface area (Å²) in [6, 6.07) is 0. The normalized spacial score (nSPS) is 46.8. The summed E-state index contributed by atoms with van der Waals surface area (Å²) in [5, 5.41) is 0. The van der Waals surface area contributed by atoms with Crippen molar-refractivity contribution in [2.45, 2.75) is 40.0 Å². The van der Waals surface area contributed by atoms with Gasteiger partial charge in [0, 0.05) is 0 Å². The van der Waals surface area contributed by atoms with Gasteiger partial charge in [-0.2, -0.15) is 0 Å². The van der Waals surface area contributed by atoms with Crippen molar-refractivity contribution in [1.82, 2.24) is 0 Å². The first kappa shape index (κ1) is 7.39. The smallest absolute Gasteiger partial charge is 0.00823 e. The predicted molar refractivity (Wildman–Crippen MR) is 48.4 cm³/mol. The van der Waals surface area contributed by atoms with Gasteiger partial charge in [-0.1, -0.05) is 32.9 Å². The highest BCUT2D eigenvalue weighted by molar-refractivity contribution is 5.27. The second kappa shape index (κ2) is 1.73. The highest BCUT2D eigenvalue weighted by atomic mass is 14.6. The van der Waals surface area contributed by atoms with Crippen LogP contribution in [0.4, 0.5) is 0 Å². The molecule has 0 radical (unpaired) electrons. The highest BCUT2D eigenvalue weighted by Gasteiger charge is 2.60. The molecule has 2 aliphatic carbocycles. The Morgan fingerprint density at radius 1 is 1.36 bits per heavy atom. The summed E-state index contributed by atoms with van der Waals surface area (Å²) < 4.78 is 0. The summed E-state index contributed by atoms with van der Waals surface area (Å²) in [5.41, 5.74) is 2.65. The molecule has 0 heteroatoms. The Bertz CT molecular complexity index is 212. The molecule has 0 amide bonds. The second-order valence-corrected chi connectivity index (χ2v) is 5.27. The van der Waals surface area contributed by atoms with Crippen LogP contribution in [0.2, 0.25) is 0 Å². The molecular weight excluding hydrogens is 132 g/mol. The number of fused-ring (bicyclic) bond motifs is 1. The molecule has 2 unspecified atom stereocenters. The van der Waals surface area contributed by atoms with Gasteiger partial charge in [-0.3, -0.25) is 0 Å². The van der Waals surface area contributed by atoms with Crippen molar-refractivity contribution in [2.75, 3.05) is 0 Å². The molecule has 0 nitrogen and oxygen atoms in total. The minimum absolute atomic E-state index is 0.543. The van der Waals surface area contributed by atoms with Gasteiger partial charge in [0.05, 0.1) is 0 Å². The van der Waals surface area contributed by atoms with E-state index >= 15 is 0 Å². The van der Waals surface area contributed by atoms with E-state index in [1.807, 2.05) is 0 Å². The quantitative estimate of drug-likeness (QED) is 0.464. The maximum atomic E-state index is 4.17. The summed E-state index contributed by atoms with van der Waals surface area (Å²) in [5.74, 6) is 0.941. The topological polar surface area (TPSA) is 0 Å². The molecule has 0 aliphatic heterocycles. The van der Waals surface area contributed by atoms with Gasteiger partial charge in [-0.05, 0) is 36.0 Å². The van der Waals surface area contributed by atoms with Crippen LogP contribution < -0.4 is 0 Å². The van der Waals surface area contributed by atoms with Gasteiger partial charge >= 0.3 is 0 Å². The van der Waals surface area contributed by atoms with Gasteiger partial charge in [-0.15, -0.1) is 0 Å². The van der Waals surface area contributed by atoms with Crippen molar-refractivity contribution in [2.24, 2.45) is 16.7 Å². The fourth-order valence-corrected chi connectivity index (χ4v) is 2.83. The van der Waals surface area contributed by atoms with E-state index < -0.39 is 0 Å². The highest BCUT2D eigenvalue weighted by Crippen LogP contribution is 2.69. The molecule has 2 rings (SSSR count). The van der Waals surface area contributed by atoms with E-state index in [0.717, 1.165) is 5.92 Å². The van der Waals surface area contributed by atoms with Crippen LogP contribution in [0.1, 0.15) is 40.0 Å². The Morgan fingerprint density at radius 2 is 2.00 bits per heavy atom. The lowest BCUT2D eigenvalue weighted by Crippen LogP contribution is -2.24. The summed E-state index contributed by atoms with van der Waals surface area (Å²) in [6.07, 6.45) is 4.02. The van der Waals surface area contributed by atoms with Gasteiger partial charge < -0.3 is 0 Å². The summed E-state index contributed by atoms with van der Waals surface area (Å²) in [6.45, 7) is 11.4. The molecule has 0 aromatic rings. The van der Waals surface area contributed by atoms with Crippen molar-refractivity contribution < 1.29 is 0 Å². The maximum absolute atomic E-state index is 4.17. The zero-order valence-electron chi connectivity index (χ0n) is 7.91. The van der Waals surface area contributed by atoms with Gasteiger partial charge in [0.2, 0.25) is 0 Å². The molecule has 0 aromatic heterocycles. The maximum Gasteiger partial charge on any atom is -0.00823 e. The largest absolute Gasteiger partial charge is 0.0993 e. The molecule has 0 aromatic carbocycles. The first-order chi connectivity index (χ1) is 4.97. The Morgan fingerprint density at radius 3 is 2.55 bits per heavy atom. The number of allylic oxidation sites excluding steroid dienone is 1. The Kier molecular flexibility index (Phi) is 1.16. The SMILES string of the molecule is C=C1CCC(C)(C)C2CC12C. The number of rotatable bonds is 0. The molecular formula is C11H18. The van der Waals surface area contributed by atoms with E-state index in [4.69, 9.17) is 0 Å². The average Bonchev–Trinajstić information content (AvgIpc) is 2.58. The third-order valence-corrected chi connectivity index (χ3v) is 4.06. The molecule has 0 saturated heterocycles. The van der Waals surface area contributed by atoms with Crippen LogP contribution in [0, 0.1) is 16.7 Å². The van der Waals surface area contributed by atoms with Crippen molar-refractivity contribution in [3.05, 3.63) is 12.2 Å². The van der Waals surface area contributed by atoms with E-state index in [9.17, 15) is 0 Å². The third-order valence-electron chi connectivity index (χ3n) is 4.06. The van der Waals surface area contributed by atoms with E-state index in [1.165, 1.54) is 24.8 Å². The molecule has 0 heterocycles. The molecule has 2 saturated carbocycles. The zero-order chi connectivity index (χ0) is 8.28. The van der Waals surface area contributed by atoms with E-state index in [-0.39, 0.29) is 0 Å². The van der Waals surface area contributed by atoms with Crippen molar-refractivity contribution >= 4 is 0 Å². The van der Waals surface area contributed by atoms with Crippen molar-refractivity contribution in [3.63, 3.8) is 0 Å². The molecule has 2 aliphatic rings. The van der Waals surface area contributed by atoms with Crippen LogP contribution in [-0.4, -0.2) is 0 Å². The van der Waals surface area contributed by atoms with E-state index in [0.29, 0.717) is 10.8 Å². The van der Waals surface area contributed by atoms with Crippen LogP contribution in [0.5, 0.6) is 0 Å². The Labute approximate surface area is 69.7 Å². The van der Waals surface area contributed by atoms with Gasteiger partial charge in [0.15, 0.2) is 0 Å². The molecule has 2 fully saturated rings. The number of hydrogen-bond donors (Lipinski definition) is 0. The van der Waals surface area contributed by atoms with Crippen LogP contribution in [0.3, 0.4) is 0 Å². The van der Waals surface area contributed by atoms with Crippen LogP contribution in [-0.2, 0) is 0 Å². The molecule has 0 N–H and O–H groups in total. The fourth-order valence-electron chi connectivity index (χ4n) is 2.83. The standard InChI is InChI=1S/C11H18/c1-8-5-6-10(2,3)9-7-11(8,9)4/h9H,1,5-7H2,2-4H3. The lowest BCUT2D eigenvalue weighted by molar-refractivity contribution is 0.220. The molecule has 2 atom stereocenters. The first-order valence-corrected chi connectivity index (χ1v) is 4.65. The molecule has 0 spiro atoms. The van der Waals surface area contributed by atoms with Crippen LogP contribution >= 0.6 is 0 Å². The Balaban J connectivity index is 2.26. The van der Waals surface area contributed by atoms with Crippen LogP contribution in [0.15, 0.2) is 12.2 Å². The summed E-state index contributed by atoms with van der Waals surface area (Å²) in [4.78, 5) is 0. The minimum Gasteiger partial charge on any atom is -0.0993 e. The van der Waals surface area contributed by atoms with Gasteiger partial charge in [0.1, 0.15) is 0 Å². The summed E-state index contributed by atoms with van der Waals surface area (Å²) >= 11 is 0.